The summed E-state index contributed by atoms with van der Waals surface area (Å²) < 4.78 is 37.2. The SMILES string of the molecule is CS(=O)(=O)c1ccc(-c2sc(-c3cccs3)nc2-c2cccc(F)c2)cc1. The summed E-state index contributed by atoms with van der Waals surface area (Å²) in [5.74, 6) is -0.323. The second-order valence-corrected chi connectivity index (χ2v) is 9.94. The highest BCUT2D eigenvalue weighted by Crippen LogP contribution is 2.41. The molecule has 2 aromatic heterocycles. The van der Waals surface area contributed by atoms with E-state index in [1.54, 1.807) is 41.7 Å². The predicted octanol–water partition coefficient (Wildman–Crippen LogP) is 5.75. The van der Waals surface area contributed by atoms with E-state index in [4.69, 9.17) is 4.98 Å². The summed E-state index contributed by atoms with van der Waals surface area (Å²) in [6, 6.07) is 17.0. The monoisotopic (exact) mass is 415 g/mol. The molecular formula is C20H14FNO2S3. The Bertz CT molecular complexity index is 1190. The summed E-state index contributed by atoms with van der Waals surface area (Å²) in [4.78, 5) is 6.94. The molecule has 0 spiro atoms. The molecule has 0 radical (unpaired) electrons. The van der Waals surface area contributed by atoms with Gasteiger partial charge >= 0.3 is 0 Å². The van der Waals surface area contributed by atoms with Crippen LogP contribution in [0, 0.1) is 5.82 Å². The van der Waals surface area contributed by atoms with Crippen LogP contribution in [-0.4, -0.2) is 19.7 Å². The van der Waals surface area contributed by atoms with E-state index < -0.39 is 9.84 Å². The van der Waals surface area contributed by atoms with E-state index in [2.05, 4.69) is 0 Å². The van der Waals surface area contributed by atoms with Gasteiger partial charge < -0.3 is 0 Å². The van der Waals surface area contributed by atoms with Crippen molar-refractivity contribution in [2.45, 2.75) is 4.90 Å². The van der Waals surface area contributed by atoms with Gasteiger partial charge in [-0.05, 0) is 41.3 Å². The summed E-state index contributed by atoms with van der Waals surface area (Å²) in [6.45, 7) is 0. The standard InChI is InChI=1S/C20H14FNO2S3/c1-27(23,24)16-9-7-13(8-10-16)19-18(14-4-2-5-15(21)12-14)22-20(26-19)17-6-3-11-25-17/h2-12H,1H3. The molecule has 0 bridgehead atoms. The van der Waals surface area contributed by atoms with Gasteiger partial charge in [-0.25, -0.2) is 17.8 Å². The first-order valence-corrected chi connectivity index (χ1v) is 11.6. The van der Waals surface area contributed by atoms with Gasteiger partial charge in [0.25, 0.3) is 0 Å². The minimum Gasteiger partial charge on any atom is -0.235 e. The second kappa shape index (κ2) is 6.99. The zero-order valence-electron chi connectivity index (χ0n) is 14.2. The largest absolute Gasteiger partial charge is 0.235 e. The van der Waals surface area contributed by atoms with Crippen molar-refractivity contribution >= 4 is 32.5 Å². The van der Waals surface area contributed by atoms with Crippen LogP contribution >= 0.6 is 22.7 Å². The number of hydrogen-bond donors (Lipinski definition) is 0. The van der Waals surface area contributed by atoms with Gasteiger partial charge in [0.1, 0.15) is 10.8 Å². The molecule has 4 rings (SSSR count). The van der Waals surface area contributed by atoms with Gasteiger partial charge in [-0.3, -0.25) is 0 Å². The molecular weight excluding hydrogens is 401 g/mol. The zero-order valence-corrected chi connectivity index (χ0v) is 16.7. The topological polar surface area (TPSA) is 47.0 Å². The summed E-state index contributed by atoms with van der Waals surface area (Å²) >= 11 is 3.10. The van der Waals surface area contributed by atoms with E-state index in [9.17, 15) is 12.8 Å². The van der Waals surface area contributed by atoms with Crippen molar-refractivity contribution in [2.75, 3.05) is 6.26 Å². The van der Waals surface area contributed by atoms with Crippen LogP contribution in [0.1, 0.15) is 0 Å². The third-order valence-electron chi connectivity index (χ3n) is 4.00. The maximum Gasteiger partial charge on any atom is 0.175 e. The Hall–Kier alpha value is -2.35. The fourth-order valence-electron chi connectivity index (χ4n) is 2.71. The molecule has 2 heterocycles. The van der Waals surface area contributed by atoms with Crippen LogP contribution in [-0.2, 0) is 9.84 Å². The molecule has 0 saturated carbocycles. The number of nitrogens with zero attached hydrogens (tertiary/aromatic N) is 1. The van der Waals surface area contributed by atoms with Crippen LogP contribution in [0.5, 0.6) is 0 Å². The molecule has 0 aliphatic rings. The van der Waals surface area contributed by atoms with Gasteiger partial charge in [-0.15, -0.1) is 22.7 Å². The molecule has 0 atom stereocenters. The first-order chi connectivity index (χ1) is 12.9. The number of benzene rings is 2. The molecule has 7 heteroatoms. The Morgan fingerprint density at radius 1 is 0.963 bits per heavy atom. The van der Waals surface area contributed by atoms with Crippen LogP contribution in [0.25, 0.3) is 31.6 Å². The Morgan fingerprint density at radius 2 is 1.74 bits per heavy atom. The molecule has 136 valence electrons. The molecule has 0 N–H and O–H groups in total. The molecule has 0 unspecified atom stereocenters. The zero-order chi connectivity index (χ0) is 19.0. The van der Waals surface area contributed by atoms with Crippen molar-refractivity contribution in [1.82, 2.24) is 4.98 Å². The van der Waals surface area contributed by atoms with Gasteiger partial charge in [-0.1, -0.05) is 30.3 Å². The third-order valence-corrected chi connectivity index (χ3v) is 7.27. The molecule has 3 nitrogen and oxygen atoms in total. The van der Waals surface area contributed by atoms with Crippen LogP contribution in [0.3, 0.4) is 0 Å². The highest BCUT2D eigenvalue weighted by Gasteiger charge is 2.17. The molecule has 27 heavy (non-hydrogen) atoms. The number of halogens is 1. The quantitative estimate of drug-likeness (QED) is 0.426. The molecule has 0 aliphatic carbocycles. The third kappa shape index (κ3) is 3.71. The van der Waals surface area contributed by atoms with E-state index in [0.717, 1.165) is 20.3 Å². The van der Waals surface area contributed by atoms with Gasteiger partial charge in [0.15, 0.2) is 9.84 Å². The average Bonchev–Trinajstić information content (AvgIpc) is 3.31. The Kier molecular flexibility index (Phi) is 4.67. The van der Waals surface area contributed by atoms with E-state index in [-0.39, 0.29) is 10.7 Å². The van der Waals surface area contributed by atoms with Crippen LogP contribution in [0.15, 0.2) is 70.9 Å². The van der Waals surface area contributed by atoms with Crippen LogP contribution in [0.2, 0.25) is 0 Å². The smallest absolute Gasteiger partial charge is 0.175 e. The first kappa shape index (κ1) is 18.0. The van der Waals surface area contributed by atoms with Gasteiger partial charge in [0, 0.05) is 11.8 Å². The number of sulfone groups is 1. The Labute approximate surface area is 164 Å². The first-order valence-electron chi connectivity index (χ1n) is 8.03. The molecule has 0 saturated heterocycles. The highest BCUT2D eigenvalue weighted by molar-refractivity contribution is 7.90. The lowest BCUT2D eigenvalue weighted by Crippen LogP contribution is -1.96. The van der Waals surface area contributed by atoms with Crippen molar-refractivity contribution in [3.8, 4) is 31.6 Å². The minimum atomic E-state index is -3.26. The van der Waals surface area contributed by atoms with Crippen LogP contribution < -0.4 is 0 Å². The van der Waals surface area contributed by atoms with Crippen molar-refractivity contribution < 1.29 is 12.8 Å². The summed E-state index contributed by atoms with van der Waals surface area (Å²) in [7, 11) is -3.26. The van der Waals surface area contributed by atoms with Gasteiger partial charge in [0.05, 0.1) is 20.3 Å². The normalized spacial score (nSPS) is 11.6. The Morgan fingerprint density at radius 3 is 2.37 bits per heavy atom. The molecule has 0 amide bonds. The minimum absolute atomic E-state index is 0.265. The number of thiophene rings is 1. The lowest BCUT2D eigenvalue weighted by atomic mass is 10.1. The maximum absolute atomic E-state index is 13.8. The molecule has 0 fully saturated rings. The fourth-order valence-corrected chi connectivity index (χ4v) is 5.23. The highest BCUT2D eigenvalue weighted by atomic mass is 32.2. The van der Waals surface area contributed by atoms with Gasteiger partial charge in [-0.2, -0.15) is 0 Å². The van der Waals surface area contributed by atoms with Gasteiger partial charge in [0.2, 0.25) is 0 Å². The number of hydrogen-bond acceptors (Lipinski definition) is 5. The van der Waals surface area contributed by atoms with E-state index in [1.807, 2.05) is 23.6 Å². The van der Waals surface area contributed by atoms with E-state index in [1.165, 1.54) is 29.7 Å². The van der Waals surface area contributed by atoms with Crippen molar-refractivity contribution in [3.63, 3.8) is 0 Å². The molecule has 4 aromatic rings. The summed E-state index contributed by atoms with van der Waals surface area (Å²) in [5, 5.41) is 2.84. The predicted molar refractivity (Wildman–Crippen MR) is 109 cm³/mol. The van der Waals surface area contributed by atoms with E-state index in [0.29, 0.717) is 11.3 Å². The average molecular weight is 416 g/mol. The van der Waals surface area contributed by atoms with E-state index >= 15 is 0 Å². The van der Waals surface area contributed by atoms with Crippen molar-refractivity contribution in [3.05, 3.63) is 71.9 Å². The number of thiazole rings is 1. The lowest BCUT2D eigenvalue weighted by molar-refractivity contribution is 0.602. The van der Waals surface area contributed by atoms with Crippen LogP contribution in [0.4, 0.5) is 4.39 Å². The summed E-state index contributed by atoms with van der Waals surface area (Å²) in [5.41, 5.74) is 2.23. The second-order valence-electron chi connectivity index (χ2n) is 5.98. The number of rotatable bonds is 4. The van der Waals surface area contributed by atoms with Crippen molar-refractivity contribution in [2.24, 2.45) is 0 Å². The summed E-state index contributed by atoms with van der Waals surface area (Å²) in [6.07, 6.45) is 1.18. The Balaban J connectivity index is 1.88. The molecule has 2 aromatic carbocycles. The lowest BCUT2D eigenvalue weighted by Gasteiger charge is -2.04. The molecule has 0 aliphatic heterocycles. The number of aromatic nitrogens is 1. The fraction of sp³-hybridized carbons (Fsp3) is 0.0500. The maximum atomic E-state index is 13.8. The van der Waals surface area contributed by atoms with Crippen molar-refractivity contribution in [1.29, 1.82) is 0 Å².